The zero-order chi connectivity index (χ0) is 12.7. The highest BCUT2D eigenvalue weighted by Gasteiger charge is 2.07. The molecule has 1 rings (SSSR count). The number of hydrogen-bond acceptors (Lipinski definition) is 4. The lowest BCUT2D eigenvalue weighted by atomic mass is 10.1. The summed E-state index contributed by atoms with van der Waals surface area (Å²) < 4.78 is 10.8. The van der Waals surface area contributed by atoms with E-state index in [-0.39, 0.29) is 6.04 Å². The molecule has 0 radical (unpaired) electrons. The molecule has 4 heteroatoms. The Morgan fingerprint density at radius 3 is 2.76 bits per heavy atom. The van der Waals surface area contributed by atoms with Crippen LogP contribution in [0, 0.1) is 11.3 Å². The van der Waals surface area contributed by atoms with Crippen LogP contribution >= 0.6 is 0 Å². The van der Waals surface area contributed by atoms with Gasteiger partial charge in [-0.2, -0.15) is 5.26 Å². The summed E-state index contributed by atoms with van der Waals surface area (Å²) in [7, 11) is 1.60. The molecule has 0 saturated heterocycles. The molecule has 92 valence electrons. The van der Waals surface area contributed by atoms with Crippen molar-refractivity contribution in [2.75, 3.05) is 13.7 Å². The van der Waals surface area contributed by atoms with Crippen LogP contribution < -0.4 is 15.2 Å². The van der Waals surface area contributed by atoms with Crippen molar-refractivity contribution in [2.45, 2.75) is 25.8 Å². The molecule has 4 nitrogen and oxygen atoms in total. The SMILES string of the molecule is COc1cc([C@H](C)N)ccc1OCCCC#N. The topological polar surface area (TPSA) is 68.3 Å². The van der Waals surface area contributed by atoms with Crippen molar-refractivity contribution in [3.05, 3.63) is 23.8 Å². The molecular formula is C13H18N2O2. The minimum absolute atomic E-state index is 0.0310. The van der Waals surface area contributed by atoms with Crippen molar-refractivity contribution in [1.29, 1.82) is 5.26 Å². The van der Waals surface area contributed by atoms with Gasteiger partial charge in [-0.3, -0.25) is 0 Å². The highest BCUT2D eigenvalue weighted by atomic mass is 16.5. The molecule has 0 saturated carbocycles. The third-order valence-corrected chi connectivity index (χ3v) is 2.40. The van der Waals surface area contributed by atoms with Crippen molar-refractivity contribution in [2.24, 2.45) is 5.73 Å². The van der Waals surface area contributed by atoms with Crippen LogP contribution in [-0.2, 0) is 0 Å². The zero-order valence-electron chi connectivity index (χ0n) is 10.3. The third kappa shape index (κ3) is 3.97. The van der Waals surface area contributed by atoms with Crippen LogP contribution in [0.5, 0.6) is 11.5 Å². The summed E-state index contributed by atoms with van der Waals surface area (Å²) in [5.74, 6) is 1.37. The Morgan fingerprint density at radius 1 is 1.41 bits per heavy atom. The molecule has 0 aromatic heterocycles. The summed E-state index contributed by atoms with van der Waals surface area (Å²) in [5, 5.41) is 8.42. The van der Waals surface area contributed by atoms with Crippen molar-refractivity contribution in [3.8, 4) is 17.6 Å². The van der Waals surface area contributed by atoms with Gasteiger partial charge < -0.3 is 15.2 Å². The Kier molecular flexibility index (Phi) is 5.31. The molecular weight excluding hydrogens is 216 g/mol. The van der Waals surface area contributed by atoms with Crippen LogP contribution in [0.1, 0.15) is 31.4 Å². The molecule has 0 unspecified atom stereocenters. The fourth-order valence-electron chi connectivity index (χ4n) is 1.42. The average Bonchev–Trinajstić information content (AvgIpc) is 2.34. The lowest BCUT2D eigenvalue weighted by Gasteiger charge is -2.13. The number of methoxy groups -OCH3 is 1. The molecule has 2 N–H and O–H groups in total. The maximum absolute atomic E-state index is 8.42. The van der Waals surface area contributed by atoms with E-state index in [0.29, 0.717) is 30.9 Å². The predicted molar refractivity (Wildman–Crippen MR) is 65.9 cm³/mol. The second-order valence-electron chi connectivity index (χ2n) is 3.81. The monoisotopic (exact) mass is 234 g/mol. The van der Waals surface area contributed by atoms with E-state index in [1.165, 1.54) is 0 Å². The fourth-order valence-corrected chi connectivity index (χ4v) is 1.42. The largest absolute Gasteiger partial charge is 0.493 e. The van der Waals surface area contributed by atoms with Crippen LogP contribution in [0.4, 0.5) is 0 Å². The van der Waals surface area contributed by atoms with Crippen LogP contribution in [0.15, 0.2) is 18.2 Å². The van der Waals surface area contributed by atoms with Gasteiger partial charge in [0.2, 0.25) is 0 Å². The molecule has 0 heterocycles. The van der Waals surface area contributed by atoms with Crippen LogP contribution in [0.25, 0.3) is 0 Å². The number of ether oxygens (including phenoxy) is 2. The maximum atomic E-state index is 8.42. The molecule has 1 aromatic carbocycles. The standard InChI is InChI=1S/C13H18N2O2/c1-10(15)11-5-6-12(13(9-11)16-2)17-8-4-3-7-14/h5-6,9-10H,3-4,8,15H2,1-2H3/t10-/m0/s1. The summed E-state index contributed by atoms with van der Waals surface area (Å²) >= 11 is 0. The molecule has 0 bridgehead atoms. The fraction of sp³-hybridized carbons (Fsp3) is 0.462. The van der Waals surface area contributed by atoms with Gasteiger partial charge in [-0.15, -0.1) is 0 Å². The number of nitriles is 1. The molecule has 0 aliphatic carbocycles. The van der Waals surface area contributed by atoms with Gasteiger partial charge in [-0.05, 0) is 31.0 Å². The Labute approximate surface area is 102 Å². The summed E-state index contributed by atoms with van der Waals surface area (Å²) in [6, 6.07) is 7.70. The smallest absolute Gasteiger partial charge is 0.161 e. The lowest BCUT2D eigenvalue weighted by molar-refractivity contribution is 0.290. The Balaban J connectivity index is 2.69. The van der Waals surface area contributed by atoms with Gasteiger partial charge >= 0.3 is 0 Å². The van der Waals surface area contributed by atoms with E-state index in [0.717, 1.165) is 5.56 Å². The lowest BCUT2D eigenvalue weighted by Crippen LogP contribution is -2.06. The van der Waals surface area contributed by atoms with Gasteiger partial charge in [0.15, 0.2) is 11.5 Å². The zero-order valence-corrected chi connectivity index (χ0v) is 10.3. The normalized spacial score (nSPS) is 11.6. The molecule has 1 atom stereocenters. The van der Waals surface area contributed by atoms with E-state index >= 15 is 0 Å². The first kappa shape index (κ1) is 13.3. The highest BCUT2D eigenvalue weighted by Crippen LogP contribution is 2.29. The van der Waals surface area contributed by atoms with E-state index in [9.17, 15) is 0 Å². The quantitative estimate of drug-likeness (QED) is 0.767. The third-order valence-electron chi connectivity index (χ3n) is 2.40. The summed E-state index contributed by atoms with van der Waals surface area (Å²) in [5.41, 5.74) is 6.80. The second kappa shape index (κ2) is 6.77. The van der Waals surface area contributed by atoms with Crippen molar-refractivity contribution < 1.29 is 9.47 Å². The molecule has 0 aliphatic heterocycles. The Bertz CT molecular complexity index is 397. The van der Waals surface area contributed by atoms with Crippen molar-refractivity contribution in [1.82, 2.24) is 0 Å². The van der Waals surface area contributed by atoms with E-state index in [2.05, 4.69) is 6.07 Å². The van der Waals surface area contributed by atoms with Crippen LogP contribution in [0.2, 0.25) is 0 Å². The van der Waals surface area contributed by atoms with Gasteiger partial charge in [0.05, 0.1) is 19.8 Å². The van der Waals surface area contributed by atoms with Gasteiger partial charge in [0, 0.05) is 12.5 Å². The first-order valence-corrected chi connectivity index (χ1v) is 5.62. The Hall–Kier alpha value is -1.73. The molecule has 1 aromatic rings. The summed E-state index contributed by atoms with van der Waals surface area (Å²) in [6.07, 6.45) is 1.22. The minimum atomic E-state index is -0.0310. The molecule has 0 spiro atoms. The first-order chi connectivity index (χ1) is 8.19. The first-order valence-electron chi connectivity index (χ1n) is 5.62. The minimum Gasteiger partial charge on any atom is -0.493 e. The van der Waals surface area contributed by atoms with Gasteiger partial charge in [0.25, 0.3) is 0 Å². The van der Waals surface area contributed by atoms with E-state index < -0.39 is 0 Å². The average molecular weight is 234 g/mol. The van der Waals surface area contributed by atoms with Gasteiger partial charge in [0.1, 0.15) is 0 Å². The Morgan fingerprint density at radius 2 is 2.18 bits per heavy atom. The maximum Gasteiger partial charge on any atom is 0.161 e. The van der Waals surface area contributed by atoms with Gasteiger partial charge in [-0.25, -0.2) is 0 Å². The number of nitrogens with zero attached hydrogens (tertiary/aromatic N) is 1. The summed E-state index contributed by atoms with van der Waals surface area (Å²) in [6.45, 7) is 2.43. The molecule has 0 amide bonds. The van der Waals surface area contributed by atoms with E-state index in [4.69, 9.17) is 20.5 Å². The number of unbranched alkanes of at least 4 members (excludes halogenated alkanes) is 1. The van der Waals surface area contributed by atoms with E-state index in [1.54, 1.807) is 7.11 Å². The van der Waals surface area contributed by atoms with Crippen LogP contribution in [-0.4, -0.2) is 13.7 Å². The van der Waals surface area contributed by atoms with Crippen LogP contribution in [0.3, 0.4) is 0 Å². The molecule has 0 aliphatic rings. The van der Waals surface area contributed by atoms with E-state index in [1.807, 2.05) is 25.1 Å². The van der Waals surface area contributed by atoms with Crippen molar-refractivity contribution >= 4 is 0 Å². The number of nitrogens with two attached hydrogens (primary N) is 1. The molecule has 17 heavy (non-hydrogen) atoms. The van der Waals surface area contributed by atoms with Crippen molar-refractivity contribution in [3.63, 3.8) is 0 Å². The number of benzene rings is 1. The number of rotatable bonds is 6. The predicted octanol–water partition coefficient (Wildman–Crippen LogP) is 2.40. The molecule has 0 fully saturated rings. The van der Waals surface area contributed by atoms with Gasteiger partial charge in [-0.1, -0.05) is 6.07 Å². The number of hydrogen-bond donors (Lipinski definition) is 1. The second-order valence-corrected chi connectivity index (χ2v) is 3.81. The highest BCUT2D eigenvalue weighted by molar-refractivity contribution is 5.43. The summed E-state index contributed by atoms with van der Waals surface area (Å²) in [4.78, 5) is 0.